The summed E-state index contributed by atoms with van der Waals surface area (Å²) in [5, 5.41) is 11.9. The van der Waals surface area contributed by atoms with Crippen molar-refractivity contribution in [2.45, 2.75) is 44.9 Å². The van der Waals surface area contributed by atoms with E-state index in [1.165, 1.54) is 6.42 Å². The second kappa shape index (κ2) is 9.21. The molecule has 162 valence electrons. The summed E-state index contributed by atoms with van der Waals surface area (Å²) >= 11 is 0. The molecule has 2 aromatic rings. The quantitative estimate of drug-likeness (QED) is 0.810. The lowest BCUT2D eigenvalue weighted by molar-refractivity contribution is 0.0717. The molecule has 0 aliphatic carbocycles. The summed E-state index contributed by atoms with van der Waals surface area (Å²) in [5.74, 6) is 1.22. The molecule has 0 atom stereocenters. The zero-order valence-corrected chi connectivity index (χ0v) is 17.8. The Morgan fingerprint density at radius 1 is 1.13 bits per heavy atom. The molecule has 0 bridgehead atoms. The molecule has 2 fully saturated rings. The van der Waals surface area contributed by atoms with Crippen LogP contribution in [-0.4, -0.2) is 52.9 Å². The van der Waals surface area contributed by atoms with Gasteiger partial charge in [-0.1, -0.05) is 6.07 Å². The summed E-state index contributed by atoms with van der Waals surface area (Å²) < 4.78 is 5.87. The van der Waals surface area contributed by atoms with Gasteiger partial charge in [-0.2, -0.15) is 5.26 Å². The SMILES string of the molecule is Cc1oc(C2CCN(C(=O)Nc3cccc(C#N)c3)CC2)nc1C(=O)N1CCCCC1. The Morgan fingerprint density at radius 2 is 1.87 bits per heavy atom. The van der Waals surface area contributed by atoms with Crippen LogP contribution in [0.15, 0.2) is 28.7 Å². The van der Waals surface area contributed by atoms with E-state index in [0.717, 1.165) is 38.8 Å². The molecule has 0 saturated carbocycles. The van der Waals surface area contributed by atoms with Crippen molar-refractivity contribution in [3.63, 3.8) is 0 Å². The number of nitriles is 1. The zero-order valence-electron chi connectivity index (χ0n) is 17.8. The molecule has 1 N–H and O–H groups in total. The molecular weight excluding hydrogens is 394 g/mol. The number of oxazole rings is 1. The molecule has 4 rings (SSSR count). The molecule has 3 heterocycles. The van der Waals surface area contributed by atoms with Crippen LogP contribution in [0.5, 0.6) is 0 Å². The predicted octanol–water partition coefficient (Wildman–Crippen LogP) is 3.89. The van der Waals surface area contributed by atoms with Crippen molar-refractivity contribution < 1.29 is 14.0 Å². The average Bonchev–Trinajstić information content (AvgIpc) is 3.21. The van der Waals surface area contributed by atoms with Gasteiger partial charge in [0.25, 0.3) is 5.91 Å². The first-order valence-electron chi connectivity index (χ1n) is 10.9. The number of carbonyl (C=O) groups excluding carboxylic acids is 2. The maximum absolute atomic E-state index is 12.8. The van der Waals surface area contributed by atoms with Crippen LogP contribution in [0.4, 0.5) is 10.5 Å². The number of piperidine rings is 2. The topological polar surface area (TPSA) is 102 Å². The number of urea groups is 1. The Morgan fingerprint density at radius 3 is 2.58 bits per heavy atom. The van der Waals surface area contributed by atoms with Crippen LogP contribution in [0.1, 0.15) is 65.7 Å². The molecule has 0 unspecified atom stereocenters. The van der Waals surface area contributed by atoms with Crippen LogP contribution in [-0.2, 0) is 0 Å². The van der Waals surface area contributed by atoms with Gasteiger partial charge in [-0.25, -0.2) is 9.78 Å². The van der Waals surface area contributed by atoms with Crippen LogP contribution in [0, 0.1) is 18.3 Å². The van der Waals surface area contributed by atoms with Crippen molar-refractivity contribution in [2.24, 2.45) is 0 Å². The molecule has 2 saturated heterocycles. The lowest BCUT2D eigenvalue weighted by atomic mass is 9.97. The minimum atomic E-state index is -0.182. The third kappa shape index (κ3) is 4.71. The second-order valence-corrected chi connectivity index (χ2v) is 8.19. The van der Waals surface area contributed by atoms with E-state index in [-0.39, 0.29) is 17.9 Å². The van der Waals surface area contributed by atoms with E-state index >= 15 is 0 Å². The highest BCUT2D eigenvalue weighted by atomic mass is 16.4. The van der Waals surface area contributed by atoms with Gasteiger partial charge >= 0.3 is 6.03 Å². The summed E-state index contributed by atoms with van der Waals surface area (Å²) in [4.78, 5) is 33.6. The van der Waals surface area contributed by atoms with Crippen LogP contribution in [0.2, 0.25) is 0 Å². The van der Waals surface area contributed by atoms with Crippen molar-refractivity contribution in [1.29, 1.82) is 5.26 Å². The standard InChI is InChI=1S/C23H27N5O3/c1-16-20(22(29)27-10-3-2-4-11-27)26-21(31-16)18-8-12-28(13-9-18)23(30)25-19-7-5-6-17(14-19)15-24/h5-7,14,18H,2-4,8-13H2,1H3,(H,25,30). The van der Waals surface area contributed by atoms with E-state index in [0.29, 0.717) is 41.7 Å². The van der Waals surface area contributed by atoms with Crippen molar-refractivity contribution >= 4 is 17.6 Å². The summed E-state index contributed by atoms with van der Waals surface area (Å²) in [6.07, 6.45) is 4.70. The lowest BCUT2D eigenvalue weighted by Gasteiger charge is -2.30. The molecule has 1 aromatic heterocycles. The Balaban J connectivity index is 1.35. The summed E-state index contributed by atoms with van der Waals surface area (Å²) in [5.41, 5.74) is 1.54. The van der Waals surface area contributed by atoms with Crippen molar-refractivity contribution in [3.8, 4) is 6.07 Å². The second-order valence-electron chi connectivity index (χ2n) is 8.19. The molecule has 3 amide bonds. The third-order valence-corrected chi connectivity index (χ3v) is 6.03. The first-order chi connectivity index (χ1) is 15.0. The van der Waals surface area contributed by atoms with E-state index in [1.807, 2.05) is 4.90 Å². The molecule has 2 aliphatic rings. The van der Waals surface area contributed by atoms with Crippen molar-refractivity contribution in [1.82, 2.24) is 14.8 Å². The molecule has 0 spiro atoms. The van der Waals surface area contributed by atoms with E-state index in [2.05, 4.69) is 16.4 Å². The predicted molar refractivity (Wildman–Crippen MR) is 115 cm³/mol. The fourth-order valence-electron chi connectivity index (χ4n) is 4.24. The average molecular weight is 422 g/mol. The molecule has 1 aromatic carbocycles. The van der Waals surface area contributed by atoms with Gasteiger partial charge in [0.2, 0.25) is 0 Å². The number of carbonyl (C=O) groups is 2. The smallest absolute Gasteiger partial charge is 0.321 e. The maximum Gasteiger partial charge on any atom is 0.321 e. The normalized spacial score (nSPS) is 17.3. The maximum atomic E-state index is 12.8. The highest BCUT2D eigenvalue weighted by Crippen LogP contribution is 2.30. The Labute approximate surface area is 181 Å². The number of aryl methyl sites for hydroxylation is 1. The van der Waals surface area contributed by atoms with Gasteiger partial charge in [0, 0.05) is 37.8 Å². The van der Waals surface area contributed by atoms with Gasteiger partial charge in [-0.15, -0.1) is 0 Å². The fourth-order valence-corrected chi connectivity index (χ4v) is 4.24. The minimum Gasteiger partial charge on any atom is -0.445 e. The molecule has 31 heavy (non-hydrogen) atoms. The third-order valence-electron chi connectivity index (χ3n) is 6.03. The number of benzene rings is 1. The first kappa shape index (κ1) is 20.9. The van der Waals surface area contributed by atoms with Crippen molar-refractivity contribution in [2.75, 3.05) is 31.5 Å². The van der Waals surface area contributed by atoms with Gasteiger partial charge in [0.15, 0.2) is 11.6 Å². The largest absolute Gasteiger partial charge is 0.445 e. The van der Waals surface area contributed by atoms with E-state index in [9.17, 15) is 9.59 Å². The highest BCUT2D eigenvalue weighted by Gasteiger charge is 2.30. The number of anilines is 1. The highest BCUT2D eigenvalue weighted by molar-refractivity contribution is 5.93. The number of rotatable bonds is 3. The fraction of sp³-hybridized carbons (Fsp3) is 0.478. The molecule has 2 aliphatic heterocycles. The van der Waals surface area contributed by atoms with Gasteiger partial charge < -0.3 is 19.5 Å². The van der Waals surface area contributed by atoms with Crippen molar-refractivity contribution in [3.05, 3.63) is 47.2 Å². The number of aromatic nitrogens is 1. The van der Waals surface area contributed by atoms with Gasteiger partial charge in [-0.05, 0) is 57.2 Å². The number of hydrogen-bond acceptors (Lipinski definition) is 5. The van der Waals surface area contributed by atoms with E-state index in [1.54, 1.807) is 36.1 Å². The Hall–Kier alpha value is -3.34. The molecule has 0 radical (unpaired) electrons. The summed E-state index contributed by atoms with van der Waals surface area (Å²) in [6.45, 7) is 4.51. The van der Waals surface area contributed by atoms with Crippen LogP contribution < -0.4 is 5.32 Å². The van der Waals surface area contributed by atoms with E-state index in [4.69, 9.17) is 9.68 Å². The Bertz CT molecular complexity index is 995. The van der Waals surface area contributed by atoms with Crippen LogP contribution in [0.25, 0.3) is 0 Å². The number of nitrogens with zero attached hydrogens (tertiary/aromatic N) is 4. The van der Waals surface area contributed by atoms with Gasteiger partial charge in [0.1, 0.15) is 5.76 Å². The number of hydrogen-bond donors (Lipinski definition) is 1. The molecular formula is C23H27N5O3. The van der Waals surface area contributed by atoms with Crippen LogP contribution >= 0.6 is 0 Å². The number of amides is 3. The monoisotopic (exact) mass is 421 g/mol. The number of likely N-dealkylation sites (tertiary alicyclic amines) is 2. The van der Waals surface area contributed by atoms with Gasteiger partial charge in [0.05, 0.1) is 11.6 Å². The van der Waals surface area contributed by atoms with Gasteiger partial charge in [-0.3, -0.25) is 4.79 Å². The minimum absolute atomic E-state index is 0.0383. The first-order valence-corrected chi connectivity index (χ1v) is 10.9. The molecule has 8 nitrogen and oxygen atoms in total. The van der Waals surface area contributed by atoms with E-state index < -0.39 is 0 Å². The van der Waals surface area contributed by atoms with Crippen LogP contribution in [0.3, 0.4) is 0 Å². The summed E-state index contributed by atoms with van der Waals surface area (Å²) in [7, 11) is 0. The number of nitrogens with one attached hydrogen (secondary N) is 1. The molecule has 8 heteroatoms. The lowest BCUT2D eigenvalue weighted by Crippen LogP contribution is -2.40. The Kier molecular flexibility index (Phi) is 6.21. The summed E-state index contributed by atoms with van der Waals surface area (Å²) in [6, 6.07) is 8.75. The zero-order chi connectivity index (χ0) is 21.8.